The molecule has 0 spiro atoms. The van der Waals surface area contributed by atoms with Crippen LogP contribution in [0.3, 0.4) is 0 Å². The summed E-state index contributed by atoms with van der Waals surface area (Å²) in [5.74, 6) is -1.62. The van der Waals surface area contributed by atoms with Crippen molar-refractivity contribution >= 4 is 23.7 Å². The third-order valence-corrected chi connectivity index (χ3v) is 8.98. The second-order valence-electron chi connectivity index (χ2n) is 12.6. The van der Waals surface area contributed by atoms with E-state index >= 15 is 4.39 Å². The first kappa shape index (κ1) is 39.2. The Bertz CT molecular complexity index is 2730. The minimum Gasteiger partial charge on any atom is -0.495 e. The number of nitrogens with one attached hydrogen (secondary N) is 1. The number of hydrogen-bond acceptors (Lipinski definition) is 14. The van der Waals surface area contributed by atoms with E-state index in [1.165, 1.54) is 66.1 Å². The van der Waals surface area contributed by atoms with Crippen molar-refractivity contribution in [1.82, 2.24) is 34.9 Å². The summed E-state index contributed by atoms with van der Waals surface area (Å²) >= 11 is 0. The quantitative estimate of drug-likeness (QED) is 0.130. The molecule has 59 heavy (non-hydrogen) atoms. The fourth-order valence-corrected chi connectivity index (χ4v) is 6.36. The van der Waals surface area contributed by atoms with Crippen LogP contribution in [0.25, 0.3) is 67.4 Å². The molecule has 0 saturated carbocycles. The Morgan fingerprint density at radius 1 is 0.627 bits per heavy atom. The molecule has 0 aliphatic carbocycles. The molecule has 1 amide bonds. The summed E-state index contributed by atoms with van der Waals surface area (Å²) in [6, 6.07) is 17.8. The van der Waals surface area contributed by atoms with Crippen LogP contribution in [0.4, 0.5) is 10.2 Å². The number of ether oxygens (including phenoxy) is 4. The maximum atomic E-state index is 15.5. The van der Waals surface area contributed by atoms with E-state index in [1.54, 1.807) is 67.0 Å². The van der Waals surface area contributed by atoms with Gasteiger partial charge in [-0.15, -0.1) is 0 Å². The molecular weight excluding hydrogens is 760 g/mol. The SMILES string of the molecule is COC(=O)c1cccc(-c2cnc(-c3cc(OC)cnc3-c3ccc(OC)nc3-c3ccc(NC(C)=O)nc3)c(C(=O)OC)c2-c2cc(F)cnc2-c2cccnc2)n1. The van der Waals surface area contributed by atoms with Crippen LogP contribution in [-0.4, -0.2) is 81.2 Å². The lowest BCUT2D eigenvalue weighted by Crippen LogP contribution is -2.12. The van der Waals surface area contributed by atoms with Gasteiger partial charge in [-0.05, 0) is 54.6 Å². The normalized spacial score (nSPS) is 10.7. The van der Waals surface area contributed by atoms with E-state index in [1.807, 2.05) is 0 Å². The van der Waals surface area contributed by atoms with Gasteiger partial charge in [0.05, 0.1) is 74.9 Å². The number of hydrogen-bond donors (Lipinski definition) is 1. The number of pyridine rings is 7. The molecule has 0 aliphatic heterocycles. The van der Waals surface area contributed by atoms with Crippen molar-refractivity contribution in [2.75, 3.05) is 33.8 Å². The highest BCUT2D eigenvalue weighted by atomic mass is 19.1. The molecule has 0 fully saturated rings. The van der Waals surface area contributed by atoms with Gasteiger partial charge in [0.1, 0.15) is 23.1 Å². The van der Waals surface area contributed by atoms with Crippen molar-refractivity contribution in [3.63, 3.8) is 0 Å². The van der Waals surface area contributed by atoms with Gasteiger partial charge in [0, 0.05) is 76.7 Å². The number of esters is 2. The number of carbonyl (C=O) groups is 3. The van der Waals surface area contributed by atoms with Crippen LogP contribution in [0.1, 0.15) is 27.8 Å². The van der Waals surface area contributed by atoms with Gasteiger partial charge in [0.2, 0.25) is 11.8 Å². The maximum absolute atomic E-state index is 15.5. The van der Waals surface area contributed by atoms with Gasteiger partial charge in [0.25, 0.3) is 0 Å². The predicted molar refractivity (Wildman–Crippen MR) is 214 cm³/mol. The maximum Gasteiger partial charge on any atom is 0.356 e. The van der Waals surface area contributed by atoms with Gasteiger partial charge in [-0.25, -0.2) is 28.9 Å². The number of methoxy groups -OCH3 is 4. The van der Waals surface area contributed by atoms with Crippen LogP contribution in [-0.2, 0) is 14.3 Å². The molecule has 294 valence electrons. The number of amides is 1. The van der Waals surface area contributed by atoms with E-state index in [0.29, 0.717) is 39.6 Å². The highest BCUT2D eigenvalue weighted by Crippen LogP contribution is 2.45. The molecule has 7 heterocycles. The third-order valence-electron chi connectivity index (χ3n) is 8.98. The first-order chi connectivity index (χ1) is 28.6. The summed E-state index contributed by atoms with van der Waals surface area (Å²) in [6.45, 7) is 1.38. The van der Waals surface area contributed by atoms with Gasteiger partial charge in [-0.3, -0.25) is 24.7 Å². The largest absolute Gasteiger partial charge is 0.495 e. The molecular formula is C43H33FN8O7. The monoisotopic (exact) mass is 792 g/mol. The first-order valence-electron chi connectivity index (χ1n) is 17.7. The van der Waals surface area contributed by atoms with E-state index < -0.39 is 17.8 Å². The third kappa shape index (κ3) is 8.00. The zero-order chi connectivity index (χ0) is 41.6. The number of aromatic nitrogens is 7. The van der Waals surface area contributed by atoms with Crippen LogP contribution in [0.2, 0.25) is 0 Å². The van der Waals surface area contributed by atoms with E-state index in [9.17, 15) is 14.4 Å². The van der Waals surface area contributed by atoms with Crippen molar-refractivity contribution in [3.05, 3.63) is 121 Å². The summed E-state index contributed by atoms with van der Waals surface area (Å²) in [4.78, 5) is 70.8. The number of anilines is 1. The minimum absolute atomic E-state index is 0.0251. The summed E-state index contributed by atoms with van der Waals surface area (Å²) in [6.07, 6.45) is 8.69. The predicted octanol–water partition coefficient (Wildman–Crippen LogP) is 7.14. The topological polar surface area (TPSA) is 190 Å². The Morgan fingerprint density at radius 3 is 2.10 bits per heavy atom. The van der Waals surface area contributed by atoms with Crippen molar-refractivity contribution in [2.45, 2.75) is 6.92 Å². The zero-order valence-corrected chi connectivity index (χ0v) is 32.2. The van der Waals surface area contributed by atoms with Crippen molar-refractivity contribution < 1.29 is 37.7 Å². The van der Waals surface area contributed by atoms with Crippen LogP contribution in [0, 0.1) is 5.82 Å². The molecule has 7 aromatic heterocycles. The lowest BCUT2D eigenvalue weighted by molar-refractivity contribution is -0.114. The fourth-order valence-electron chi connectivity index (χ4n) is 6.36. The Morgan fingerprint density at radius 2 is 1.41 bits per heavy atom. The van der Waals surface area contributed by atoms with Gasteiger partial charge >= 0.3 is 11.9 Å². The second kappa shape index (κ2) is 17.0. The number of nitrogens with zero attached hydrogens (tertiary/aromatic N) is 7. The molecule has 16 heteroatoms. The lowest BCUT2D eigenvalue weighted by atomic mass is 9.87. The van der Waals surface area contributed by atoms with Gasteiger partial charge in [-0.2, -0.15) is 0 Å². The van der Waals surface area contributed by atoms with E-state index in [4.69, 9.17) is 33.9 Å². The molecule has 0 bridgehead atoms. The summed E-state index contributed by atoms with van der Waals surface area (Å²) in [5, 5.41) is 2.65. The van der Waals surface area contributed by atoms with E-state index in [2.05, 4.69) is 25.3 Å². The van der Waals surface area contributed by atoms with Gasteiger partial charge in [-0.1, -0.05) is 6.07 Å². The molecule has 0 aromatic carbocycles. The summed E-state index contributed by atoms with van der Waals surface area (Å²) < 4.78 is 37.0. The van der Waals surface area contributed by atoms with Crippen LogP contribution in [0.15, 0.2) is 104 Å². The average molecular weight is 793 g/mol. The van der Waals surface area contributed by atoms with Crippen LogP contribution in [0.5, 0.6) is 11.6 Å². The number of halogens is 1. The van der Waals surface area contributed by atoms with Crippen LogP contribution >= 0.6 is 0 Å². The van der Waals surface area contributed by atoms with E-state index in [0.717, 1.165) is 6.20 Å². The highest BCUT2D eigenvalue weighted by Gasteiger charge is 2.30. The molecule has 0 saturated heterocycles. The second-order valence-corrected chi connectivity index (χ2v) is 12.6. The molecule has 0 unspecified atom stereocenters. The molecule has 0 aliphatic rings. The summed E-state index contributed by atoms with van der Waals surface area (Å²) in [5.41, 5.74) is 3.40. The molecule has 7 aromatic rings. The molecule has 0 atom stereocenters. The smallest absolute Gasteiger partial charge is 0.356 e. The first-order valence-corrected chi connectivity index (χ1v) is 17.7. The number of rotatable bonds is 11. The highest BCUT2D eigenvalue weighted by molar-refractivity contribution is 6.09. The minimum atomic E-state index is -0.852. The molecule has 1 N–H and O–H groups in total. The van der Waals surface area contributed by atoms with Crippen LogP contribution < -0.4 is 14.8 Å². The van der Waals surface area contributed by atoms with Gasteiger partial charge in [0.15, 0.2) is 0 Å². The standard InChI is InChI=1S/C43H33FN8O7/c1-23(53)50-34-13-11-25(19-46-34)39-28(12-14-35(52-39)57-3)40-30(17-27(56-2)21-48-40)41-37(43(55)59-5)36(29-16-26(44)20-47-38(29)24-8-7-15-45-18-24)31(22-49-41)32-9-6-10-33(51-32)42(54)58-4/h6-22H,1-5H3,(H,46,50,53). The Labute approximate surface area is 336 Å². The van der Waals surface area contributed by atoms with Crippen molar-refractivity contribution in [3.8, 4) is 79.0 Å². The Hall–Kier alpha value is -8.01. The molecule has 7 rings (SSSR count). The average Bonchev–Trinajstić information content (AvgIpc) is 3.28. The summed E-state index contributed by atoms with van der Waals surface area (Å²) in [7, 11) is 5.38. The zero-order valence-electron chi connectivity index (χ0n) is 32.2. The molecule has 0 radical (unpaired) electrons. The lowest BCUT2D eigenvalue weighted by Gasteiger charge is -2.21. The van der Waals surface area contributed by atoms with E-state index in [-0.39, 0.29) is 62.4 Å². The van der Waals surface area contributed by atoms with Crippen molar-refractivity contribution in [2.24, 2.45) is 0 Å². The Kier molecular flexibility index (Phi) is 11.3. The fraction of sp³-hybridized carbons (Fsp3) is 0.116. The molecule has 15 nitrogen and oxygen atoms in total. The number of carbonyl (C=O) groups excluding carboxylic acids is 3. The van der Waals surface area contributed by atoms with Gasteiger partial charge < -0.3 is 24.3 Å². The van der Waals surface area contributed by atoms with Crippen molar-refractivity contribution in [1.29, 1.82) is 0 Å². The Balaban J connectivity index is 1.58.